The zero-order chi connectivity index (χ0) is 20.5. The quantitative estimate of drug-likeness (QED) is 0.698. The monoisotopic (exact) mass is 403 g/mol. The molecule has 1 aliphatic heterocycles. The molecular weight excluding hydrogens is 378 g/mol. The fraction of sp³-hybridized carbons (Fsp3) is 0.391. The summed E-state index contributed by atoms with van der Waals surface area (Å²) in [6.45, 7) is 1.02. The van der Waals surface area contributed by atoms with Gasteiger partial charge in [0.15, 0.2) is 0 Å². The number of amides is 1. The number of carbonyl (C=O) groups excluding carboxylic acids is 1. The maximum atomic E-state index is 13.0. The molecule has 7 nitrogen and oxygen atoms in total. The Labute approximate surface area is 174 Å². The average molecular weight is 403 g/mol. The number of pyridine rings is 1. The number of aryl methyl sites for hydroxylation is 2. The van der Waals surface area contributed by atoms with Crippen LogP contribution in [0, 0.1) is 0 Å². The number of aromatic nitrogens is 3. The largest absolute Gasteiger partial charge is 0.350 e. The van der Waals surface area contributed by atoms with Crippen molar-refractivity contribution in [3.63, 3.8) is 0 Å². The molecule has 5 rings (SSSR count). The van der Waals surface area contributed by atoms with E-state index in [9.17, 15) is 9.59 Å². The van der Waals surface area contributed by atoms with Gasteiger partial charge in [0.05, 0.1) is 5.52 Å². The second kappa shape index (κ2) is 7.89. The minimum atomic E-state index is -0.292. The third kappa shape index (κ3) is 3.44. The Morgan fingerprint density at radius 1 is 1.17 bits per heavy atom. The summed E-state index contributed by atoms with van der Waals surface area (Å²) in [6, 6.07) is 9.53. The molecule has 0 saturated carbocycles. The molecule has 0 bridgehead atoms. The van der Waals surface area contributed by atoms with E-state index in [1.54, 1.807) is 6.33 Å². The number of para-hydroxylation sites is 1. The molecule has 30 heavy (non-hydrogen) atoms. The highest BCUT2D eigenvalue weighted by Crippen LogP contribution is 2.29. The van der Waals surface area contributed by atoms with Crippen LogP contribution >= 0.6 is 0 Å². The first kappa shape index (κ1) is 18.8. The van der Waals surface area contributed by atoms with E-state index in [0.717, 1.165) is 67.5 Å². The van der Waals surface area contributed by atoms with Gasteiger partial charge in [-0.2, -0.15) is 0 Å². The topological polar surface area (TPSA) is 91.0 Å². The molecule has 3 aromatic rings. The van der Waals surface area contributed by atoms with Crippen LogP contribution in [-0.2, 0) is 24.2 Å². The average Bonchev–Trinajstić information content (AvgIpc) is 3.27. The first-order valence-corrected chi connectivity index (χ1v) is 10.7. The molecule has 2 aromatic heterocycles. The molecule has 3 heterocycles. The van der Waals surface area contributed by atoms with E-state index in [0.29, 0.717) is 5.56 Å². The summed E-state index contributed by atoms with van der Waals surface area (Å²) in [5.74, 6) is 0.734. The zero-order valence-electron chi connectivity index (χ0n) is 16.9. The Bertz CT molecular complexity index is 1150. The number of fused-ring (bicyclic) bond motifs is 2. The molecule has 1 atom stereocenters. The predicted molar refractivity (Wildman–Crippen MR) is 115 cm³/mol. The second-order valence-corrected chi connectivity index (χ2v) is 8.12. The number of H-pyrrole nitrogens is 1. The number of rotatable bonds is 4. The third-order valence-corrected chi connectivity index (χ3v) is 6.22. The summed E-state index contributed by atoms with van der Waals surface area (Å²) in [4.78, 5) is 39.3. The van der Waals surface area contributed by atoms with Gasteiger partial charge in [0.2, 0.25) is 5.91 Å². The summed E-state index contributed by atoms with van der Waals surface area (Å²) >= 11 is 0. The van der Waals surface area contributed by atoms with Crippen LogP contribution in [0.1, 0.15) is 42.5 Å². The third-order valence-electron chi connectivity index (χ3n) is 6.22. The van der Waals surface area contributed by atoms with Gasteiger partial charge in [0, 0.05) is 29.7 Å². The van der Waals surface area contributed by atoms with Crippen LogP contribution in [0.15, 0.2) is 41.5 Å². The Balaban J connectivity index is 1.34. The minimum Gasteiger partial charge on any atom is -0.350 e. The van der Waals surface area contributed by atoms with Crippen molar-refractivity contribution in [2.45, 2.75) is 51.1 Å². The maximum Gasteiger partial charge on any atom is 0.253 e. The summed E-state index contributed by atoms with van der Waals surface area (Å²) in [6.07, 6.45) is 7.44. The van der Waals surface area contributed by atoms with Gasteiger partial charge in [-0.25, -0.2) is 9.97 Å². The van der Waals surface area contributed by atoms with Crippen molar-refractivity contribution >= 4 is 22.6 Å². The van der Waals surface area contributed by atoms with E-state index in [4.69, 9.17) is 0 Å². The smallest absolute Gasteiger partial charge is 0.253 e. The van der Waals surface area contributed by atoms with Gasteiger partial charge in [-0.05, 0) is 62.3 Å². The number of hydrogen-bond donors (Lipinski definition) is 2. The lowest BCUT2D eigenvalue weighted by molar-refractivity contribution is -0.122. The van der Waals surface area contributed by atoms with E-state index < -0.39 is 0 Å². The second-order valence-electron chi connectivity index (χ2n) is 8.12. The standard InChI is InChI=1S/C23H25N5O2/c29-22-16(12-15-6-1-3-8-18(15)27-22)13-24-23(30)20-10-5-11-28(20)21-17-7-2-4-9-19(17)25-14-26-21/h2,4,7,9,12,14,20H,1,3,5-6,8,10-11,13H2,(H,24,30)(H,27,29). The van der Waals surface area contributed by atoms with Crippen molar-refractivity contribution in [3.8, 4) is 0 Å². The van der Waals surface area contributed by atoms with Crippen molar-refractivity contribution in [1.82, 2.24) is 20.3 Å². The fourth-order valence-corrected chi connectivity index (χ4v) is 4.67. The number of nitrogens with one attached hydrogen (secondary N) is 2. The van der Waals surface area contributed by atoms with E-state index in [-0.39, 0.29) is 24.1 Å². The summed E-state index contributed by atoms with van der Waals surface area (Å²) in [5.41, 5.74) is 3.66. The minimum absolute atomic E-state index is 0.0627. The van der Waals surface area contributed by atoms with Gasteiger partial charge in [0.25, 0.3) is 5.56 Å². The first-order valence-electron chi connectivity index (χ1n) is 10.7. The number of carbonyl (C=O) groups is 1. The maximum absolute atomic E-state index is 13.0. The number of anilines is 1. The van der Waals surface area contributed by atoms with Crippen LogP contribution in [0.3, 0.4) is 0 Å². The molecule has 0 spiro atoms. The summed E-state index contributed by atoms with van der Waals surface area (Å²) < 4.78 is 0. The molecule has 2 N–H and O–H groups in total. The van der Waals surface area contributed by atoms with Crippen LogP contribution < -0.4 is 15.8 Å². The van der Waals surface area contributed by atoms with Gasteiger partial charge in [0.1, 0.15) is 18.2 Å². The van der Waals surface area contributed by atoms with E-state index in [2.05, 4.69) is 25.2 Å². The van der Waals surface area contributed by atoms with Crippen LogP contribution in [0.2, 0.25) is 0 Å². The lowest BCUT2D eigenvalue weighted by atomic mass is 9.95. The molecule has 0 radical (unpaired) electrons. The Morgan fingerprint density at radius 3 is 2.97 bits per heavy atom. The van der Waals surface area contributed by atoms with Gasteiger partial charge in [-0.1, -0.05) is 12.1 Å². The SMILES string of the molecule is O=C(NCc1cc2c([nH]c1=O)CCCC2)C1CCCN1c1ncnc2ccccc12. The molecule has 1 saturated heterocycles. The molecule has 2 aliphatic rings. The van der Waals surface area contributed by atoms with Crippen molar-refractivity contribution in [1.29, 1.82) is 0 Å². The lowest BCUT2D eigenvalue weighted by Crippen LogP contribution is -2.44. The Morgan fingerprint density at radius 2 is 2.03 bits per heavy atom. The van der Waals surface area contributed by atoms with Gasteiger partial charge in [-0.15, -0.1) is 0 Å². The summed E-state index contributed by atoms with van der Waals surface area (Å²) in [5, 5.41) is 3.94. The summed E-state index contributed by atoms with van der Waals surface area (Å²) in [7, 11) is 0. The highest BCUT2D eigenvalue weighted by Gasteiger charge is 2.32. The Kier molecular flexibility index (Phi) is 4.94. The van der Waals surface area contributed by atoms with Gasteiger partial charge >= 0.3 is 0 Å². The van der Waals surface area contributed by atoms with Crippen molar-refractivity contribution in [3.05, 3.63) is 63.8 Å². The highest BCUT2D eigenvalue weighted by molar-refractivity contribution is 5.93. The van der Waals surface area contributed by atoms with Crippen LogP contribution in [0.4, 0.5) is 5.82 Å². The molecule has 1 unspecified atom stereocenters. The fourth-order valence-electron chi connectivity index (χ4n) is 4.67. The predicted octanol–water partition coefficient (Wildman–Crippen LogP) is 2.48. The number of hydrogen-bond acceptors (Lipinski definition) is 5. The van der Waals surface area contributed by atoms with Gasteiger partial charge in [-0.3, -0.25) is 9.59 Å². The highest BCUT2D eigenvalue weighted by atomic mass is 16.2. The van der Waals surface area contributed by atoms with E-state index >= 15 is 0 Å². The zero-order valence-corrected chi connectivity index (χ0v) is 16.9. The molecule has 7 heteroatoms. The van der Waals surface area contributed by atoms with Crippen molar-refractivity contribution < 1.29 is 4.79 Å². The normalized spacial score (nSPS) is 18.4. The molecular formula is C23H25N5O2. The molecule has 1 aliphatic carbocycles. The molecule has 1 amide bonds. The van der Waals surface area contributed by atoms with Crippen LogP contribution in [-0.4, -0.2) is 33.4 Å². The van der Waals surface area contributed by atoms with Crippen LogP contribution in [0.25, 0.3) is 10.9 Å². The Hall–Kier alpha value is -3.22. The number of benzene rings is 1. The first-order chi connectivity index (χ1) is 14.7. The molecule has 1 fully saturated rings. The lowest BCUT2D eigenvalue weighted by Gasteiger charge is -2.26. The van der Waals surface area contributed by atoms with E-state index in [1.165, 1.54) is 5.56 Å². The van der Waals surface area contributed by atoms with Crippen molar-refractivity contribution in [2.24, 2.45) is 0 Å². The molecule has 154 valence electrons. The number of aromatic amines is 1. The number of nitrogens with zero attached hydrogens (tertiary/aromatic N) is 3. The van der Waals surface area contributed by atoms with Crippen LogP contribution in [0.5, 0.6) is 0 Å². The van der Waals surface area contributed by atoms with E-state index in [1.807, 2.05) is 30.3 Å². The molecule has 1 aromatic carbocycles. The van der Waals surface area contributed by atoms with Gasteiger partial charge < -0.3 is 15.2 Å². The van der Waals surface area contributed by atoms with Crippen molar-refractivity contribution in [2.75, 3.05) is 11.4 Å².